The van der Waals surface area contributed by atoms with Crippen molar-refractivity contribution >= 4 is 17.4 Å². The van der Waals surface area contributed by atoms with Gasteiger partial charge in [0.25, 0.3) is 0 Å². The summed E-state index contributed by atoms with van der Waals surface area (Å²) in [7, 11) is 0. The fraction of sp³-hybridized carbons (Fsp3) is 0.667. The van der Waals surface area contributed by atoms with Crippen molar-refractivity contribution in [2.24, 2.45) is 0 Å². The van der Waals surface area contributed by atoms with Crippen LogP contribution in [0.3, 0.4) is 0 Å². The molecule has 0 amide bonds. The van der Waals surface area contributed by atoms with Gasteiger partial charge in [0.2, 0.25) is 0 Å². The van der Waals surface area contributed by atoms with Crippen molar-refractivity contribution in [3.8, 4) is 0 Å². The van der Waals surface area contributed by atoms with Crippen LogP contribution in [-0.4, -0.2) is 40.9 Å². The Morgan fingerprint density at radius 1 is 1.56 bits per heavy atom. The van der Waals surface area contributed by atoms with E-state index in [2.05, 4.69) is 9.97 Å². The second-order valence-electron chi connectivity index (χ2n) is 4.34. The van der Waals surface area contributed by atoms with Crippen LogP contribution in [-0.2, 0) is 11.3 Å². The van der Waals surface area contributed by atoms with Gasteiger partial charge in [0, 0.05) is 25.8 Å². The van der Waals surface area contributed by atoms with Gasteiger partial charge in [0.05, 0.1) is 6.10 Å². The summed E-state index contributed by atoms with van der Waals surface area (Å²) in [5.41, 5.74) is 0. The fourth-order valence-electron chi connectivity index (χ4n) is 2.03. The van der Waals surface area contributed by atoms with Crippen LogP contribution >= 0.6 is 11.6 Å². The molecule has 0 aliphatic carbocycles. The zero-order valence-corrected chi connectivity index (χ0v) is 11.2. The van der Waals surface area contributed by atoms with Crippen LogP contribution in [0.1, 0.15) is 25.6 Å². The van der Waals surface area contributed by atoms with Gasteiger partial charge in [0.1, 0.15) is 17.6 Å². The summed E-state index contributed by atoms with van der Waals surface area (Å²) in [5, 5.41) is 10.1. The lowest BCUT2D eigenvalue weighted by Gasteiger charge is -2.31. The largest absolute Gasteiger partial charge is 0.391 e. The molecule has 18 heavy (non-hydrogen) atoms. The van der Waals surface area contributed by atoms with Crippen molar-refractivity contribution < 1.29 is 9.84 Å². The predicted molar refractivity (Wildman–Crippen MR) is 69.8 cm³/mol. The molecule has 0 aromatic carbocycles. The topological polar surface area (TPSA) is 58.5 Å². The van der Waals surface area contributed by atoms with E-state index in [1.807, 2.05) is 11.8 Å². The van der Waals surface area contributed by atoms with Gasteiger partial charge < -0.3 is 14.7 Å². The third-order valence-corrected chi connectivity index (χ3v) is 3.08. The van der Waals surface area contributed by atoms with Gasteiger partial charge in [-0.25, -0.2) is 9.97 Å². The minimum atomic E-state index is -0.289. The summed E-state index contributed by atoms with van der Waals surface area (Å²) in [6.07, 6.45) is 1.52. The fourth-order valence-corrected chi connectivity index (χ4v) is 2.23. The van der Waals surface area contributed by atoms with Crippen LogP contribution < -0.4 is 4.90 Å². The van der Waals surface area contributed by atoms with E-state index in [1.54, 1.807) is 6.07 Å². The SMILES string of the molecule is CCOCc1nc(Cl)cc(N2CCCC(O)C2)n1. The lowest BCUT2D eigenvalue weighted by Crippen LogP contribution is -2.38. The van der Waals surface area contributed by atoms with Gasteiger partial charge in [-0.3, -0.25) is 0 Å². The van der Waals surface area contributed by atoms with Gasteiger partial charge in [-0.15, -0.1) is 0 Å². The molecule has 1 aromatic rings. The van der Waals surface area contributed by atoms with Crippen molar-refractivity contribution in [3.05, 3.63) is 17.0 Å². The monoisotopic (exact) mass is 271 g/mol. The Labute approximate surface area is 112 Å². The minimum Gasteiger partial charge on any atom is -0.391 e. The highest BCUT2D eigenvalue weighted by Crippen LogP contribution is 2.20. The second kappa shape index (κ2) is 6.31. The van der Waals surface area contributed by atoms with E-state index in [-0.39, 0.29) is 6.10 Å². The highest BCUT2D eigenvalue weighted by molar-refractivity contribution is 6.29. The maximum atomic E-state index is 9.68. The molecule has 0 saturated carbocycles. The molecule has 1 N–H and O–H groups in total. The molecule has 1 aliphatic rings. The maximum Gasteiger partial charge on any atom is 0.158 e. The van der Waals surface area contributed by atoms with Crippen molar-refractivity contribution in [1.82, 2.24) is 9.97 Å². The molecule has 2 rings (SSSR count). The lowest BCUT2D eigenvalue weighted by molar-refractivity contribution is 0.128. The van der Waals surface area contributed by atoms with E-state index in [4.69, 9.17) is 16.3 Å². The maximum absolute atomic E-state index is 9.68. The Hall–Kier alpha value is -0.910. The molecule has 6 heteroatoms. The number of ether oxygens (including phenoxy) is 1. The van der Waals surface area contributed by atoms with Crippen molar-refractivity contribution in [2.75, 3.05) is 24.6 Å². The standard InChI is InChI=1S/C12H18ClN3O2/c1-2-18-8-11-14-10(13)6-12(15-11)16-5-3-4-9(17)7-16/h6,9,17H,2-5,7-8H2,1H3. The van der Waals surface area contributed by atoms with Gasteiger partial charge in [0.15, 0.2) is 5.82 Å². The van der Waals surface area contributed by atoms with Crippen LogP contribution in [0.4, 0.5) is 5.82 Å². The Morgan fingerprint density at radius 2 is 2.39 bits per heavy atom. The van der Waals surface area contributed by atoms with Crippen LogP contribution in [0.5, 0.6) is 0 Å². The van der Waals surface area contributed by atoms with E-state index in [1.165, 1.54) is 0 Å². The molecule has 1 aliphatic heterocycles. The summed E-state index contributed by atoms with van der Waals surface area (Å²) >= 11 is 5.99. The van der Waals surface area contributed by atoms with Gasteiger partial charge in [-0.05, 0) is 19.8 Å². The lowest BCUT2D eigenvalue weighted by atomic mass is 10.1. The molecule has 1 unspecified atom stereocenters. The molecule has 1 aromatic heterocycles. The van der Waals surface area contributed by atoms with Gasteiger partial charge in [-0.1, -0.05) is 11.6 Å². The number of aromatic nitrogens is 2. The quantitative estimate of drug-likeness (QED) is 0.844. The van der Waals surface area contributed by atoms with Crippen molar-refractivity contribution in [3.63, 3.8) is 0 Å². The summed E-state index contributed by atoms with van der Waals surface area (Å²) < 4.78 is 5.29. The van der Waals surface area contributed by atoms with E-state index in [9.17, 15) is 5.11 Å². The van der Waals surface area contributed by atoms with Crippen LogP contribution in [0.15, 0.2) is 6.07 Å². The molecular weight excluding hydrogens is 254 g/mol. The number of nitrogens with zero attached hydrogens (tertiary/aromatic N) is 3. The number of hydrogen-bond donors (Lipinski definition) is 1. The Morgan fingerprint density at radius 3 is 3.11 bits per heavy atom. The highest BCUT2D eigenvalue weighted by Gasteiger charge is 2.19. The number of piperidine rings is 1. The van der Waals surface area contributed by atoms with Gasteiger partial charge >= 0.3 is 0 Å². The van der Waals surface area contributed by atoms with Crippen LogP contribution in [0.25, 0.3) is 0 Å². The molecule has 0 spiro atoms. The van der Waals surface area contributed by atoms with Gasteiger partial charge in [-0.2, -0.15) is 0 Å². The number of halogens is 1. The first-order chi connectivity index (χ1) is 8.69. The molecule has 2 heterocycles. The third-order valence-electron chi connectivity index (χ3n) is 2.88. The molecule has 100 valence electrons. The third kappa shape index (κ3) is 3.54. The average molecular weight is 272 g/mol. The predicted octanol–water partition coefficient (Wildman–Crippen LogP) is 1.63. The number of β-amino-alcohol motifs (C(OH)–C–C–N with tert-alkyl or cyclic N) is 1. The summed E-state index contributed by atoms with van der Waals surface area (Å²) in [6.45, 7) is 4.39. The number of aliphatic hydroxyl groups is 1. The normalized spacial score (nSPS) is 20.2. The van der Waals surface area contributed by atoms with E-state index in [0.29, 0.717) is 30.7 Å². The van der Waals surface area contributed by atoms with Crippen molar-refractivity contribution in [1.29, 1.82) is 0 Å². The number of aliphatic hydroxyl groups excluding tert-OH is 1. The molecular formula is C12H18ClN3O2. The van der Waals surface area contributed by atoms with Crippen LogP contribution in [0.2, 0.25) is 5.15 Å². The van der Waals surface area contributed by atoms with E-state index < -0.39 is 0 Å². The minimum absolute atomic E-state index is 0.289. The first-order valence-corrected chi connectivity index (χ1v) is 6.61. The first-order valence-electron chi connectivity index (χ1n) is 6.23. The summed E-state index contributed by atoms with van der Waals surface area (Å²) in [4.78, 5) is 10.6. The molecule has 0 bridgehead atoms. The molecule has 1 saturated heterocycles. The Balaban J connectivity index is 2.13. The smallest absolute Gasteiger partial charge is 0.158 e. The van der Waals surface area contributed by atoms with E-state index >= 15 is 0 Å². The Kier molecular flexibility index (Phi) is 4.74. The summed E-state index contributed by atoms with van der Waals surface area (Å²) in [5.74, 6) is 1.35. The molecule has 0 radical (unpaired) electrons. The number of anilines is 1. The van der Waals surface area contributed by atoms with Crippen LogP contribution in [0, 0.1) is 0 Å². The van der Waals surface area contributed by atoms with Crippen molar-refractivity contribution in [2.45, 2.75) is 32.5 Å². The molecule has 1 fully saturated rings. The highest BCUT2D eigenvalue weighted by atomic mass is 35.5. The zero-order chi connectivity index (χ0) is 13.0. The first kappa shape index (κ1) is 13.5. The number of hydrogen-bond acceptors (Lipinski definition) is 5. The average Bonchev–Trinajstić information content (AvgIpc) is 2.36. The number of rotatable bonds is 4. The molecule has 1 atom stereocenters. The Bertz CT molecular complexity index is 403. The summed E-state index contributed by atoms with van der Waals surface area (Å²) in [6, 6.07) is 1.73. The van der Waals surface area contributed by atoms with E-state index in [0.717, 1.165) is 25.2 Å². The molecule has 5 nitrogen and oxygen atoms in total. The second-order valence-corrected chi connectivity index (χ2v) is 4.73. The zero-order valence-electron chi connectivity index (χ0n) is 10.5.